The van der Waals surface area contributed by atoms with Crippen LogP contribution in [-0.4, -0.2) is 29.9 Å². The first-order valence-corrected chi connectivity index (χ1v) is 6.34. The van der Waals surface area contributed by atoms with Crippen molar-refractivity contribution in [1.29, 1.82) is 0 Å². The van der Waals surface area contributed by atoms with Gasteiger partial charge in [-0.2, -0.15) is 0 Å². The molecule has 1 aliphatic rings. The van der Waals surface area contributed by atoms with Gasteiger partial charge in [0.15, 0.2) is 0 Å². The van der Waals surface area contributed by atoms with Gasteiger partial charge in [-0.3, -0.25) is 4.79 Å². The van der Waals surface area contributed by atoms with Gasteiger partial charge in [0.05, 0.1) is 0 Å². The normalized spacial score (nSPS) is 25.4. The Morgan fingerprint density at radius 2 is 2.06 bits per heavy atom. The molecule has 0 aromatic rings. The molecule has 0 saturated carbocycles. The van der Waals surface area contributed by atoms with Crippen molar-refractivity contribution in [1.82, 2.24) is 4.90 Å². The molecule has 0 aromatic heterocycles. The first-order chi connectivity index (χ1) is 7.30. The molecule has 2 atom stereocenters. The summed E-state index contributed by atoms with van der Waals surface area (Å²) >= 11 is 0. The van der Waals surface area contributed by atoms with Gasteiger partial charge in [0, 0.05) is 25.6 Å². The van der Waals surface area contributed by atoms with E-state index in [1.165, 1.54) is 0 Å². The Balaban J connectivity index is 2.59. The molecule has 1 saturated heterocycles. The average molecular weight is 226 g/mol. The third kappa shape index (κ3) is 3.78. The minimum absolute atomic E-state index is 0.0788. The fourth-order valence-corrected chi connectivity index (χ4v) is 2.44. The highest BCUT2D eigenvalue weighted by Crippen LogP contribution is 2.34. The number of rotatable bonds is 2. The topological polar surface area (TPSA) is 46.3 Å². The van der Waals surface area contributed by atoms with Crippen molar-refractivity contribution in [2.45, 2.75) is 53.0 Å². The monoisotopic (exact) mass is 226 g/mol. The molecule has 1 aliphatic heterocycles. The predicted molar refractivity (Wildman–Crippen MR) is 67.0 cm³/mol. The van der Waals surface area contributed by atoms with E-state index in [9.17, 15) is 4.79 Å². The summed E-state index contributed by atoms with van der Waals surface area (Å²) in [6.45, 7) is 10.3. The van der Waals surface area contributed by atoms with E-state index in [0.717, 1.165) is 19.4 Å². The van der Waals surface area contributed by atoms with Crippen LogP contribution in [0.4, 0.5) is 0 Å². The molecular weight excluding hydrogens is 200 g/mol. The van der Waals surface area contributed by atoms with Crippen LogP contribution >= 0.6 is 0 Å². The van der Waals surface area contributed by atoms with Crippen LogP contribution in [0.5, 0.6) is 0 Å². The van der Waals surface area contributed by atoms with Crippen molar-refractivity contribution in [3.63, 3.8) is 0 Å². The van der Waals surface area contributed by atoms with Crippen LogP contribution in [0.25, 0.3) is 0 Å². The molecule has 94 valence electrons. The van der Waals surface area contributed by atoms with E-state index in [0.29, 0.717) is 24.3 Å². The summed E-state index contributed by atoms with van der Waals surface area (Å²) in [6.07, 6.45) is 2.83. The standard InChI is InChI=1S/C13H26N2O/c1-10(14)9-15-8-7-11(13(2,3)4)5-6-12(15)16/h10-11H,5-9,14H2,1-4H3. The Bertz CT molecular complexity index is 243. The maximum absolute atomic E-state index is 11.9. The van der Waals surface area contributed by atoms with Gasteiger partial charge in [0.2, 0.25) is 5.91 Å². The van der Waals surface area contributed by atoms with Crippen LogP contribution in [0, 0.1) is 11.3 Å². The maximum Gasteiger partial charge on any atom is 0.222 e. The second kappa shape index (κ2) is 5.17. The van der Waals surface area contributed by atoms with E-state index in [1.807, 2.05) is 11.8 Å². The quantitative estimate of drug-likeness (QED) is 0.783. The molecule has 0 spiro atoms. The second-order valence-corrected chi connectivity index (χ2v) is 6.21. The summed E-state index contributed by atoms with van der Waals surface area (Å²) in [5.41, 5.74) is 6.07. The number of hydrogen-bond donors (Lipinski definition) is 1. The SMILES string of the molecule is CC(N)CN1CCC(C(C)(C)C)CCC1=O. The summed E-state index contributed by atoms with van der Waals surface area (Å²) in [7, 11) is 0. The van der Waals surface area contributed by atoms with Crippen LogP contribution in [0.15, 0.2) is 0 Å². The van der Waals surface area contributed by atoms with E-state index in [4.69, 9.17) is 5.73 Å². The van der Waals surface area contributed by atoms with E-state index in [1.54, 1.807) is 0 Å². The first-order valence-electron chi connectivity index (χ1n) is 6.34. The lowest BCUT2D eigenvalue weighted by molar-refractivity contribution is -0.130. The number of carbonyl (C=O) groups is 1. The summed E-state index contributed by atoms with van der Waals surface area (Å²) < 4.78 is 0. The predicted octanol–water partition coefficient (Wildman–Crippen LogP) is 2.01. The minimum atomic E-state index is 0.0788. The fraction of sp³-hybridized carbons (Fsp3) is 0.923. The van der Waals surface area contributed by atoms with Crippen LogP contribution in [0.3, 0.4) is 0 Å². The zero-order valence-electron chi connectivity index (χ0n) is 11.1. The molecule has 0 bridgehead atoms. The lowest BCUT2D eigenvalue weighted by Gasteiger charge is -2.29. The van der Waals surface area contributed by atoms with Gasteiger partial charge >= 0.3 is 0 Å². The zero-order valence-corrected chi connectivity index (χ0v) is 11.1. The highest BCUT2D eigenvalue weighted by atomic mass is 16.2. The molecule has 3 nitrogen and oxygen atoms in total. The Morgan fingerprint density at radius 1 is 1.44 bits per heavy atom. The molecule has 16 heavy (non-hydrogen) atoms. The lowest BCUT2D eigenvalue weighted by atomic mass is 9.77. The highest BCUT2D eigenvalue weighted by Gasteiger charge is 2.29. The van der Waals surface area contributed by atoms with Gasteiger partial charge in [-0.15, -0.1) is 0 Å². The minimum Gasteiger partial charge on any atom is -0.341 e. The van der Waals surface area contributed by atoms with Gasteiger partial charge in [-0.05, 0) is 31.1 Å². The molecule has 1 heterocycles. The van der Waals surface area contributed by atoms with Gasteiger partial charge < -0.3 is 10.6 Å². The molecule has 0 aliphatic carbocycles. The zero-order chi connectivity index (χ0) is 12.3. The number of carbonyl (C=O) groups excluding carboxylic acids is 1. The molecule has 1 fully saturated rings. The van der Waals surface area contributed by atoms with Crippen molar-refractivity contribution >= 4 is 5.91 Å². The summed E-state index contributed by atoms with van der Waals surface area (Å²) in [4.78, 5) is 13.8. The average Bonchev–Trinajstić information content (AvgIpc) is 2.28. The Hall–Kier alpha value is -0.570. The van der Waals surface area contributed by atoms with Gasteiger partial charge in [-0.1, -0.05) is 20.8 Å². The summed E-state index contributed by atoms with van der Waals surface area (Å²) in [5, 5.41) is 0. The van der Waals surface area contributed by atoms with Crippen LogP contribution in [0.1, 0.15) is 47.0 Å². The van der Waals surface area contributed by atoms with E-state index in [-0.39, 0.29) is 11.9 Å². The lowest BCUT2D eigenvalue weighted by Crippen LogP contribution is -2.39. The Kier molecular flexibility index (Phi) is 4.36. The third-order valence-corrected chi connectivity index (χ3v) is 3.54. The Morgan fingerprint density at radius 3 is 2.56 bits per heavy atom. The molecule has 1 amide bonds. The van der Waals surface area contributed by atoms with Crippen LogP contribution in [-0.2, 0) is 4.79 Å². The van der Waals surface area contributed by atoms with Crippen molar-refractivity contribution in [3.8, 4) is 0 Å². The van der Waals surface area contributed by atoms with E-state index in [2.05, 4.69) is 20.8 Å². The number of amides is 1. The largest absolute Gasteiger partial charge is 0.341 e. The number of likely N-dealkylation sites (tertiary alicyclic amines) is 1. The van der Waals surface area contributed by atoms with Crippen LogP contribution in [0.2, 0.25) is 0 Å². The van der Waals surface area contributed by atoms with Crippen molar-refractivity contribution in [2.24, 2.45) is 17.1 Å². The number of nitrogens with zero attached hydrogens (tertiary/aromatic N) is 1. The summed E-state index contributed by atoms with van der Waals surface area (Å²) in [6, 6.07) is 0.0788. The molecule has 2 unspecified atom stereocenters. The van der Waals surface area contributed by atoms with Gasteiger partial charge in [0.1, 0.15) is 0 Å². The molecule has 3 heteroatoms. The maximum atomic E-state index is 11.9. The third-order valence-electron chi connectivity index (χ3n) is 3.54. The fourth-order valence-electron chi connectivity index (χ4n) is 2.44. The molecule has 1 rings (SSSR count). The van der Waals surface area contributed by atoms with Crippen molar-refractivity contribution in [3.05, 3.63) is 0 Å². The Labute approximate surface area is 99.4 Å². The highest BCUT2D eigenvalue weighted by molar-refractivity contribution is 5.76. The van der Waals surface area contributed by atoms with Crippen LogP contribution < -0.4 is 5.73 Å². The smallest absolute Gasteiger partial charge is 0.222 e. The van der Waals surface area contributed by atoms with Gasteiger partial charge in [0.25, 0.3) is 0 Å². The first kappa shape index (κ1) is 13.5. The number of nitrogens with two attached hydrogens (primary N) is 1. The molecular formula is C13H26N2O. The number of hydrogen-bond acceptors (Lipinski definition) is 2. The van der Waals surface area contributed by atoms with Crippen molar-refractivity contribution < 1.29 is 4.79 Å². The molecule has 0 radical (unpaired) electrons. The van der Waals surface area contributed by atoms with Gasteiger partial charge in [-0.25, -0.2) is 0 Å². The van der Waals surface area contributed by atoms with E-state index >= 15 is 0 Å². The molecule has 2 N–H and O–H groups in total. The van der Waals surface area contributed by atoms with Crippen molar-refractivity contribution in [2.75, 3.05) is 13.1 Å². The summed E-state index contributed by atoms with van der Waals surface area (Å²) in [5.74, 6) is 0.929. The second-order valence-electron chi connectivity index (χ2n) is 6.21. The molecule has 0 aromatic carbocycles. The van der Waals surface area contributed by atoms with E-state index < -0.39 is 0 Å².